The van der Waals surface area contributed by atoms with Gasteiger partial charge in [0.2, 0.25) is 11.9 Å². The smallest absolute Gasteiger partial charge is 0.222 e. The Bertz CT molecular complexity index is 522. The Morgan fingerprint density at radius 3 is 2.71 bits per heavy atom. The fourth-order valence-corrected chi connectivity index (χ4v) is 2.86. The molecule has 2 aliphatic rings. The Hall–Kier alpha value is -1.89. The first-order valence-electron chi connectivity index (χ1n) is 7.36. The van der Waals surface area contributed by atoms with Crippen molar-refractivity contribution in [3.05, 3.63) is 11.8 Å². The summed E-state index contributed by atoms with van der Waals surface area (Å²) >= 11 is 0. The highest BCUT2D eigenvalue weighted by molar-refractivity contribution is 5.73. The first-order valence-corrected chi connectivity index (χ1v) is 7.36. The lowest BCUT2D eigenvalue weighted by Gasteiger charge is -2.35. The van der Waals surface area contributed by atoms with E-state index in [4.69, 9.17) is 10.5 Å². The molecule has 0 spiro atoms. The third-order valence-electron chi connectivity index (χ3n) is 4.15. The van der Waals surface area contributed by atoms with Crippen molar-refractivity contribution in [3.8, 4) is 0 Å². The molecular weight excluding hydrogens is 270 g/mol. The molecule has 1 aromatic rings. The van der Waals surface area contributed by atoms with Gasteiger partial charge in [-0.2, -0.15) is 4.98 Å². The highest BCUT2D eigenvalue weighted by Crippen LogP contribution is 2.27. The van der Waals surface area contributed by atoms with Gasteiger partial charge in [0.15, 0.2) is 0 Å². The molecule has 3 rings (SSSR count). The van der Waals surface area contributed by atoms with E-state index >= 15 is 0 Å². The number of ether oxygens (including phenoxy) is 1. The Labute approximate surface area is 124 Å². The zero-order valence-electron chi connectivity index (χ0n) is 12.3. The number of anilines is 2. The molecule has 0 saturated carbocycles. The Morgan fingerprint density at radius 1 is 1.33 bits per heavy atom. The maximum atomic E-state index is 11.4. The predicted octanol–water partition coefficient (Wildman–Crippen LogP) is 0.231. The zero-order chi connectivity index (χ0) is 14.8. The third kappa shape index (κ3) is 3.07. The molecule has 114 valence electrons. The fraction of sp³-hybridized carbons (Fsp3) is 0.643. The van der Waals surface area contributed by atoms with E-state index in [2.05, 4.69) is 14.9 Å². The lowest BCUT2D eigenvalue weighted by Crippen LogP contribution is -2.48. The van der Waals surface area contributed by atoms with E-state index in [9.17, 15) is 4.79 Å². The molecule has 3 heterocycles. The molecule has 1 amide bonds. The molecule has 7 heteroatoms. The molecule has 2 saturated heterocycles. The highest BCUT2D eigenvalue weighted by Gasteiger charge is 2.24. The molecule has 0 aliphatic carbocycles. The minimum atomic E-state index is 0.126. The van der Waals surface area contributed by atoms with Crippen molar-refractivity contribution in [2.45, 2.75) is 19.3 Å². The number of nitrogens with two attached hydrogens (primary N) is 1. The number of aromatic nitrogens is 2. The second kappa shape index (κ2) is 5.85. The van der Waals surface area contributed by atoms with Crippen molar-refractivity contribution >= 4 is 17.7 Å². The van der Waals surface area contributed by atoms with Gasteiger partial charge in [-0.15, -0.1) is 0 Å². The predicted molar refractivity (Wildman–Crippen MR) is 79.1 cm³/mol. The maximum absolute atomic E-state index is 11.4. The second-order valence-corrected chi connectivity index (χ2v) is 5.56. The van der Waals surface area contributed by atoms with Gasteiger partial charge in [0.1, 0.15) is 5.82 Å². The largest absolute Gasteiger partial charge is 0.381 e. The summed E-state index contributed by atoms with van der Waals surface area (Å²) in [6.45, 7) is 6.08. The van der Waals surface area contributed by atoms with E-state index in [1.807, 2.05) is 11.0 Å². The number of amides is 1. The number of piperazine rings is 1. The van der Waals surface area contributed by atoms with Crippen LogP contribution in [0.5, 0.6) is 0 Å². The van der Waals surface area contributed by atoms with Crippen LogP contribution in [-0.2, 0) is 9.53 Å². The van der Waals surface area contributed by atoms with Gasteiger partial charge in [-0.3, -0.25) is 4.79 Å². The molecule has 2 fully saturated rings. The van der Waals surface area contributed by atoms with E-state index in [-0.39, 0.29) is 5.91 Å². The van der Waals surface area contributed by atoms with Gasteiger partial charge in [0.25, 0.3) is 0 Å². The fourth-order valence-electron chi connectivity index (χ4n) is 2.86. The maximum Gasteiger partial charge on any atom is 0.222 e. The van der Waals surface area contributed by atoms with Crippen LogP contribution in [0, 0.1) is 0 Å². The number of hydrogen-bond acceptors (Lipinski definition) is 6. The van der Waals surface area contributed by atoms with E-state index in [1.165, 1.54) is 0 Å². The molecular formula is C14H21N5O2. The van der Waals surface area contributed by atoms with Crippen LogP contribution in [0.3, 0.4) is 0 Å². The SMILES string of the molecule is CC(=O)N1CCN(c2cc([C@H]3CCOC3)nc(N)n2)CC1. The van der Waals surface area contributed by atoms with Crippen LogP contribution in [0.4, 0.5) is 11.8 Å². The number of nitrogens with zero attached hydrogens (tertiary/aromatic N) is 4. The number of rotatable bonds is 2. The van der Waals surface area contributed by atoms with E-state index in [0.717, 1.165) is 50.7 Å². The molecule has 0 aromatic carbocycles. The van der Waals surface area contributed by atoms with Gasteiger partial charge < -0.3 is 20.3 Å². The topological polar surface area (TPSA) is 84.6 Å². The average Bonchev–Trinajstić information content (AvgIpc) is 3.01. The molecule has 2 N–H and O–H groups in total. The van der Waals surface area contributed by atoms with Gasteiger partial charge in [0.05, 0.1) is 12.3 Å². The third-order valence-corrected chi connectivity index (χ3v) is 4.15. The summed E-state index contributed by atoms with van der Waals surface area (Å²) in [6, 6.07) is 2.01. The first kappa shape index (κ1) is 14.1. The lowest BCUT2D eigenvalue weighted by molar-refractivity contribution is -0.129. The zero-order valence-corrected chi connectivity index (χ0v) is 12.3. The molecule has 2 aliphatic heterocycles. The van der Waals surface area contributed by atoms with Gasteiger partial charge in [-0.1, -0.05) is 0 Å². The molecule has 7 nitrogen and oxygen atoms in total. The molecule has 0 bridgehead atoms. The van der Waals surface area contributed by atoms with Crippen molar-refractivity contribution in [3.63, 3.8) is 0 Å². The second-order valence-electron chi connectivity index (χ2n) is 5.56. The molecule has 0 radical (unpaired) electrons. The van der Waals surface area contributed by atoms with Crippen molar-refractivity contribution in [2.75, 3.05) is 50.0 Å². The van der Waals surface area contributed by atoms with Gasteiger partial charge in [-0.25, -0.2) is 4.98 Å². The van der Waals surface area contributed by atoms with Crippen molar-refractivity contribution in [2.24, 2.45) is 0 Å². The summed E-state index contributed by atoms with van der Waals surface area (Å²) in [7, 11) is 0. The number of hydrogen-bond donors (Lipinski definition) is 1. The summed E-state index contributed by atoms with van der Waals surface area (Å²) < 4.78 is 5.42. The average molecular weight is 291 g/mol. The van der Waals surface area contributed by atoms with Crippen LogP contribution < -0.4 is 10.6 Å². The van der Waals surface area contributed by atoms with E-state index < -0.39 is 0 Å². The van der Waals surface area contributed by atoms with E-state index in [0.29, 0.717) is 18.5 Å². The summed E-state index contributed by atoms with van der Waals surface area (Å²) in [6.07, 6.45) is 0.980. The summed E-state index contributed by atoms with van der Waals surface area (Å²) in [4.78, 5) is 24.1. The van der Waals surface area contributed by atoms with Crippen molar-refractivity contribution in [1.82, 2.24) is 14.9 Å². The van der Waals surface area contributed by atoms with Crippen LogP contribution >= 0.6 is 0 Å². The van der Waals surface area contributed by atoms with Crippen molar-refractivity contribution in [1.29, 1.82) is 0 Å². The number of carbonyl (C=O) groups is 1. The monoisotopic (exact) mass is 291 g/mol. The molecule has 1 aromatic heterocycles. The Morgan fingerprint density at radius 2 is 2.10 bits per heavy atom. The Kier molecular flexibility index (Phi) is 3.92. The summed E-state index contributed by atoms with van der Waals surface area (Å²) in [5.74, 6) is 1.60. The Balaban J connectivity index is 1.74. The first-order chi connectivity index (χ1) is 10.1. The van der Waals surface area contributed by atoms with Crippen LogP contribution in [0.1, 0.15) is 25.0 Å². The lowest BCUT2D eigenvalue weighted by atomic mass is 10.0. The minimum Gasteiger partial charge on any atom is -0.381 e. The summed E-state index contributed by atoms with van der Waals surface area (Å²) in [5, 5.41) is 0. The van der Waals surface area contributed by atoms with Gasteiger partial charge >= 0.3 is 0 Å². The quantitative estimate of drug-likeness (QED) is 0.839. The molecule has 0 unspecified atom stereocenters. The molecule has 1 atom stereocenters. The van der Waals surface area contributed by atoms with Gasteiger partial charge in [-0.05, 0) is 6.42 Å². The van der Waals surface area contributed by atoms with Crippen LogP contribution in [0.15, 0.2) is 6.07 Å². The van der Waals surface area contributed by atoms with Crippen LogP contribution in [0.25, 0.3) is 0 Å². The molecule has 21 heavy (non-hydrogen) atoms. The normalized spacial score (nSPS) is 22.6. The highest BCUT2D eigenvalue weighted by atomic mass is 16.5. The number of nitrogen functional groups attached to an aromatic ring is 1. The van der Waals surface area contributed by atoms with Crippen LogP contribution in [-0.4, -0.2) is 60.2 Å². The summed E-state index contributed by atoms with van der Waals surface area (Å²) in [5.41, 5.74) is 6.82. The van der Waals surface area contributed by atoms with E-state index in [1.54, 1.807) is 6.92 Å². The van der Waals surface area contributed by atoms with Crippen molar-refractivity contribution < 1.29 is 9.53 Å². The van der Waals surface area contributed by atoms with Crippen LogP contribution in [0.2, 0.25) is 0 Å². The number of carbonyl (C=O) groups excluding carboxylic acids is 1. The standard InChI is InChI=1S/C14H21N5O2/c1-10(20)18-3-5-19(6-4-18)13-8-12(16-14(15)17-13)11-2-7-21-9-11/h8,11H,2-7,9H2,1H3,(H2,15,16,17)/t11-/m0/s1. The minimum absolute atomic E-state index is 0.126. The van der Waals surface area contributed by atoms with Gasteiger partial charge in [0, 0.05) is 51.7 Å².